The first-order chi connectivity index (χ1) is 14.4. The minimum atomic E-state index is -0.210. The van der Waals surface area contributed by atoms with Gasteiger partial charge in [-0.15, -0.1) is 0 Å². The highest BCUT2D eigenvalue weighted by molar-refractivity contribution is 5.81. The monoisotopic (exact) mass is 416 g/mol. The molecule has 0 aromatic carbocycles. The summed E-state index contributed by atoms with van der Waals surface area (Å²) in [6.07, 6.45) is 19.3. The second-order valence-electron chi connectivity index (χ2n) is 11.1. The van der Waals surface area contributed by atoms with Crippen molar-refractivity contribution in [2.24, 2.45) is 46.3 Å². The van der Waals surface area contributed by atoms with Crippen LogP contribution < -0.4 is 0 Å². The molecule has 0 N–H and O–H groups in total. The molecule has 4 aliphatic rings. The Morgan fingerprint density at radius 1 is 0.967 bits per heavy atom. The van der Waals surface area contributed by atoms with Crippen LogP contribution in [-0.4, -0.2) is 13.1 Å². The normalized spacial score (nSPS) is 45.0. The lowest BCUT2D eigenvalue weighted by Gasteiger charge is -2.62. The largest absolute Gasteiger partial charge is 0.466 e. The lowest BCUT2D eigenvalue weighted by atomic mass is 9.42. The van der Waals surface area contributed by atoms with E-state index < -0.39 is 0 Å². The maximum absolute atomic E-state index is 11.5. The summed E-state index contributed by atoms with van der Waals surface area (Å²) in [5.74, 6) is 5.34. The standard InChI is InChI=1S/C26H42O2.C2H6/c1-5-18-17-20-22-13-12-19(9-8-11-24(27)28-4)25(22,2)16-14-23(20)26(3)15-7-6-10-21(18)26;1-2/h8,11,18-23H,5-7,9-10,12-17H2,1-4H3;1-2H3/b11-8+;/t18-,19?,20?,21?,22?,23-,25?,26?;/m0./s1. The van der Waals surface area contributed by atoms with Crippen molar-refractivity contribution in [1.82, 2.24) is 0 Å². The molecule has 0 saturated heterocycles. The Balaban J connectivity index is 0.00000124. The SMILES string of the molecule is CC.CC[C@H]1CC2C3CCC(C/C=C/C(=O)OC)C3(C)CC[C@@H]2C2(C)CCCCC12. The molecule has 30 heavy (non-hydrogen) atoms. The average Bonchev–Trinajstić information content (AvgIpc) is 3.10. The van der Waals surface area contributed by atoms with Crippen LogP contribution in [0.1, 0.15) is 105 Å². The van der Waals surface area contributed by atoms with E-state index in [4.69, 9.17) is 4.74 Å². The van der Waals surface area contributed by atoms with Crippen LogP contribution >= 0.6 is 0 Å². The van der Waals surface area contributed by atoms with Crippen LogP contribution in [0.3, 0.4) is 0 Å². The van der Waals surface area contributed by atoms with Gasteiger partial charge in [-0.1, -0.05) is 60.0 Å². The highest BCUT2D eigenvalue weighted by atomic mass is 16.5. The molecule has 0 heterocycles. The molecule has 2 nitrogen and oxygen atoms in total. The fourth-order valence-corrected chi connectivity index (χ4v) is 8.91. The molecular formula is C28H48O2. The highest BCUT2D eigenvalue weighted by Crippen LogP contribution is 2.69. The summed E-state index contributed by atoms with van der Waals surface area (Å²) in [7, 11) is 1.47. The van der Waals surface area contributed by atoms with Crippen molar-refractivity contribution < 1.29 is 9.53 Å². The molecule has 4 aliphatic carbocycles. The topological polar surface area (TPSA) is 26.3 Å². The Morgan fingerprint density at radius 2 is 1.70 bits per heavy atom. The second kappa shape index (κ2) is 9.78. The van der Waals surface area contributed by atoms with E-state index in [0.29, 0.717) is 10.8 Å². The van der Waals surface area contributed by atoms with E-state index in [1.165, 1.54) is 71.3 Å². The molecule has 0 amide bonds. The molecule has 0 aromatic rings. The molecule has 0 spiro atoms. The predicted molar refractivity (Wildman–Crippen MR) is 126 cm³/mol. The fourth-order valence-electron chi connectivity index (χ4n) is 8.91. The van der Waals surface area contributed by atoms with Crippen molar-refractivity contribution in [1.29, 1.82) is 0 Å². The van der Waals surface area contributed by atoms with Gasteiger partial charge >= 0.3 is 5.97 Å². The van der Waals surface area contributed by atoms with Crippen LogP contribution in [0.4, 0.5) is 0 Å². The van der Waals surface area contributed by atoms with Gasteiger partial charge in [-0.2, -0.15) is 0 Å². The third-order valence-corrected chi connectivity index (χ3v) is 10.4. The molecule has 4 rings (SSSR count). The van der Waals surface area contributed by atoms with Crippen LogP contribution in [0.25, 0.3) is 0 Å². The second-order valence-corrected chi connectivity index (χ2v) is 11.1. The third kappa shape index (κ3) is 4.02. The first-order valence-electron chi connectivity index (χ1n) is 13.2. The number of fused-ring (bicyclic) bond motifs is 5. The molecule has 6 unspecified atom stereocenters. The first-order valence-corrected chi connectivity index (χ1v) is 13.2. The number of carbonyl (C=O) groups excluding carboxylic acids is 1. The maximum Gasteiger partial charge on any atom is 0.330 e. The number of hydrogen-bond acceptors (Lipinski definition) is 2. The molecule has 4 saturated carbocycles. The van der Waals surface area contributed by atoms with Gasteiger partial charge in [0.15, 0.2) is 0 Å². The van der Waals surface area contributed by atoms with E-state index in [-0.39, 0.29) is 5.97 Å². The quantitative estimate of drug-likeness (QED) is 0.345. The Hall–Kier alpha value is -0.790. The molecule has 0 bridgehead atoms. The molecule has 2 heteroatoms. The van der Waals surface area contributed by atoms with Crippen LogP contribution in [0.2, 0.25) is 0 Å². The number of rotatable bonds is 4. The number of carbonyl (C=O) groups is 1. The van der Waals surface area contributed by atoms with E-state index in [2.05, 4.69) is 26.8 Å². The van der Waals surface area contributed by atoms with Crippen LogP contribution in [-0.2, 0) is 9.53 Å². The first kappa shape index (κ1) is 23.9. The van der Waals surface area contributed by atoms with Crippen LogP contribution in [0, 0.1) is 46.3 Å². The van der Waals surface area contributed by atoms with Gasteiger partial charge in [0.2, 0.25) is 0 Å². The van der Waals surface area contributed by atoms with Crippen LogP contribution in [0.15, 0.2) is 12.2 Å². The molecule has 172 valence electrons. The minimum Gasteiger partial charge on any atom is -0.466 e. The van der Waals surface area contributed by atoms with Crippen molar-refractivity contribution in [3.05, 3.63) is 12.2 Å². The van der Waals surface area contributed by atoms with Crippen molar-refractivity contribution in [2.45, 2.75) is 105 Å². The van der Waals surface area contributed by atoms with Gasteiger partial charge in [-0.25, -0.2) is 4.79 Å². The van der Waals surface area contributed by atoms with E-state index in [1.54, 1.807) is 6.08 Å². The number of esters is 1. The number of methoxy groups -OCH3 is 1. The number of allylic oxidation sites excluding steroid dienone is 1. The summed E-state index contributed by atoms with van der Waals surface area (Å²) < 4.78 is 4.78. The van der Waals surface area contributed by atoms with Crippen molar-refractivity contribution >= 4 is 5.97 Å². The molecule has 8 atom stereocenters. The van der Waals surface area contributed by atoms with Gasteiger partial charge in [0, 0.05) is 6.08 Å². The van der Waals surface area contributed by atoms with Gasteiger partial charge in [0.05, 0.1) is 7.11 Å². The van der Waals surface area contributed by atoms with Gasteiger partial charge < -0.3 is 4.74 Å². The minimum absolute atomic E-state index is 0.210. The summed E-state index contributed by atoms with van der Waals surface area (Å²) in [6.45, 7) is 11.8. The summed E-state index contributed by atoms with van der Waals surface area (Å²) in [6, 6.07) is 0. The maximum atomic E-state index is 11.5. The third-order valence-electron chi connectivity index (χ3n) is 10.4. The van der Waals surface area contributed by atoms with E-state index >= 15 is 0 Å². The van der Waals surface area contributed by atoms with Gasteiger partial charge in [0.1, 0.15) is 0 Å². The molecule has 0 aliphatic heterocycles. The highest BCUT2D eigenvalue weighted by Gasteiger charge is 2.60. The lowest BCUT2D eigenvalue weighted by Crippen LogP contribution is -2.55. The van der Waals surface area contributed by atoms with E-state index in [9.17, 15) is 4.79 Å². The fraction of sp³-hybridized carbons (Fsp3) is 0.893. The van der Waals surface area contributed by atoms with Crippen LogP contribution in [0.5, 0.6) is 0 Å². The zero-order chi connectivity index (χ0) is 21.9. The number of ether oxygens (including phenoxy) is 1. The van der Waals surface area contributed by atoms with Crippen molar-refractivity contribution in [3.8, 4) is 0 Å². The zero-order valence-electron chi connectivity index (χ0n) is 20.7. The van der Waals surface area contributed by atoms with Gasteiger partial charge in [-0.05, 0) is 97.7 Å². The smallest absolute Gasteiger partial charge is 0.330 e. The van der Waals surface area contributed by atoms with E-state index in [0.717, 1.165) is 41.9 Å². The van der Waals surface area contributed by atoms with E-state index in [1.807, 2.05) is 13.8 Å². The van der Waals surface area contributed by atoms with Gasteiger partial charge in [-0.3, -0.25) is 0 Å². The Morgan fingerprint density at radius 3 is 2.40 bits per heavy atom. The molecular weight excluding hydrogens is 368 g/mol. The summed E-state index contributed by atoms with van der Waals surface area (Å²) in [5, 5.41) is 0. The summed E-state index contributed by atoms with van der Waals surface area (Å²) >= 11 is 0. The Kier molecular flexibility index (Phi) is 7.78. The lowest BCUT2D eigenvalue weighted by molar-refractivity contribution is -0.135. The summed E-state index contributed by atoms with van der Waals surface area (Å²) in [5.41, 5.74) is 1.10. The molecule has 4 fully saturated rings. The average molecular weight is 417 g/mol. The molecule has 0 aromatic heterocycles. The Bertz CT molecular complexity index is 610. The Labute approximate surface area is 186 Å². The summed E-state index contributed by atoms with van der Waals surface area (Å²) in [4.78, 5) is 11.5. The predicted octanol–water partition coefficient (Wildman–Crippen LogP) is 7.82. The van der Waals surface area contributed by atoms with Crippen molar-refractivity contribution in [3.63, 3.8) is 0 Å². The van der Waals surface area contributed by atoms with Gasteiger partial charge in [0.25, 0.3) is 0 Å². The molecule has 0 radical (unpaired) electrons. The number of hydrogen-bond donors (Lipinski definition) is 0. The van der Waals surface area contributed by atoms with Crippen molar-refractivity contribution in [2.75, 3.05) is 7.11 Å². The zero-order valence-corrected chi connectivity index (χ0v) is 20.7.